The number of amides is 1. The first-order valence-corrected chi connectivity index (χ1v) is 7.83. The minimum absolute atomic E-state index is 0.00960. The summed E-state index contributed by atoms with van der Waals surface area (Å²) in [6.07, 6.45) is 1.66. The Hall–Kier alpha value is -2.93. The Labute approximate surface area is 144 Å². The Morgan fingerprint density at radius 3 is 2.84 bits per heavy atom. The van der Waals surface area contributed by atoms with E-state index in [-0.39, 0.29) is 19.1 Å². The van der Waals surface area contributed by atoms with E-state index in [1.165, 1.54) is 4.90 Å². The van der Waals surface area contributed by atoms with Crippen LogP contribution in [0.25, 0.3) is 11.3 Å². The maximum Gasteiger partial charge on any atom is 0.328 e. The molecule has 7 nitrogen and oxygen atoms in total. The van der Waals surface area contributed by atoms with Crippen LogP contribution in [-0.4, -0.2) is 59.8 Å². The minimum Gasteiger partial charge on any atom is -0.496 e. The highest BCUT2D eigenvalue weighted by atomic mass is 16.5. The molecule has 1 fully saturated rings. The van der Waals surface area contributed by atoms with Gasteiger partial charge in [-0.05, 0) is 30.3 Å². The van der Waals surface area contributed by atoms with E-state index in [9.17, 15) is 14.7 Å². The molecule has 0 radical (unpaired) electrons. The lowest BCUT2D eigenvalue weighted by Crippen LogP contribution is -2.52. The molecule has 1 aromatic carbocycles. The quantitative estimate of drug-likeness (QED) is 0.909. The monoisotopic (exact) mass is 342 g/mol. The fourth-order valence-electron chi connectivity index (χ4n) is 2.78. The molecular weight excluding hydrogens is 324 g/mol. The van der Waals surface area contributed by atoms with E-state index in [2.05, 4.69) is 4.98 Å². The van der Waals surface area contributed by atoms with Crippen LogP contribution < -0.4 is 4.74 Å². The number of methoxy groups -OCH3 is 1. The number of aliphatic carboxylic acids is 1. The Morgan fingerprint density at radius 2 is 2.16 bits per heavy atom. The van der Waals surface area contributed by atoms with Gasteiger partial charge in [0.15, 0.2) is 6.04 Å². The van der Waals surface area contributed by atoms with Crippen LogP contribution in [0.3, 0.4) is 0 Å². The van der Waals surface area contributed by atoms with Gasteiger partial charge in [0.05, 0.1) is 26.0 Å². The molecule has 1 atom stereocenters. The molecule has 0 aliphatic carbocycles. The lowest BCUT2D eigenvalue weighted by molar-refractivity contribution is -0.147. The lowest BCUT2D eigenvalue weighted by Gasteiger charge is -2.33. The number of carbonyl (C=O) groups excluding carboxylic acids is 1. The van der Waals surface area contributed by atoms with Crippen LogP contribution in [0.2, 0.25) is 0 Å². The van der Waals surface area contributed by atoms with Crippen LogP contribution in [0.4, 0.5) is 0 Å². The number of hydrogen-bond acceptors (Lipinski definition) is 5. The normalized spacial score (nSPS) is 17.2. The molecule has 2 heterocycles. The molecule has 1 aliphatic heterocycles. The van der Waals surface area contributed by atoms with E-state index in [0.717, 1.165) is 0 Å². The summed E-state index contributed by atoms with van der Waals surface area (Å²) in [6, 6.07) is 9.48. The van der Waals surface area contributed by atoms with Crippen LogP contribution in [-0.2, 0) is 9.53 Å². The van der Waals surface area contributed by atoms with Gasteiger partial charge in [0.25, 0.3) is 5.91 Å². The standard InChI is InChI=1S/C18H18N2O5/c1-24-16-6-5-12(10-13(16)14-4-2-3-7-19-14)17(21)20-8-9-25-11-15(20)18(22)23/h2-7,10,15H,8-9,11H2,1H3,(H,22,23). The minimum atomic E-state index is -1.08. The maximum atomic E-state index is 12.8. The number of nitrogens with zero attached hydrogens (tertiary/aromatic N) is 2. The molecule has 1 unspecified atom stereocenters. The number of benzene rings is 1. The van der Waals surface area contributed by atoms with Crippen molar-refractivity contribution in [3.63, 3.8) is 0 Å². The molecule has 0 saturated carbocycles. The van der Waals surface area contributed by atoms with Crippen molar-refractivity contribution in [2.45, 2.75) is 6.04 Å². The Balaban J connectivity index is 1.97. The number of aromatic nitrogens is 1. The zero-order chi connectivity index (χ0) is 17.8. The van der Waals surface area contributed by atoms with Crippen LogP contribution in [0.5, 0.6) is 5.75 Å². The van der Waals surface area contributed by atoms with Crippen molar-refractivity contribution in [2.75, 3.05) is 26.9 Å². The molecule has 1 aliphatic rings. The number of pyridine rings is 1. The molecule has 7 heteroatoms. The van der Waals surface area contributed by atoms with Crippen molar-refractivity contribution in [3.8, 4) is 17.0 Å². The number of ether oxygens (including phenoxy) is 2. The largest absolute Gasteiger partial charge is 0.496 e. The van der Waals surface area contributed by atoms with Crippen LogP contribution >= 0.6 is 0 Å². The average molecular weight is 342 g/mol. The van der Waals surface area contributed by atoms with Crippen molar-refractivity contribution in [3.05, 3.63) is 48.2 Å². The SMILES string of the molecule is COc1ccc(C(=O)N2CCOCC2C(=O)O)cc1-c1ccccn1. The Morgan fingerprint density at radius 1 is 1.32 bits per heavy atom. The predicted molar refractivity (Wildman–Crippen MR) is 89.5 cm³/mol. The van der Waals surface area contributed by atoms with Gasteiger partial charge in [-0.1, -0.05) is 6.07 Å². The van der Waals surface area contributed by atoms with Crippen molar-refractivity contribution >= 4 is 11.9 Å². The molecule has 25 heavy (non-hydrogen) atoms. The molecule has 2 aromatic rings. The fraction of sp³-hybridized carbons (Fsp3) is 0.278. The van der Waals surface area contributed by atoms with E-state index in [4.69, 9.17) is 9.47 Å². The molecule has 1 amide bonds. The van der Waals surface area contributed by atoms with Gasteiger partial charge in [0.2, 0.25) is 0 Å². The van der Waals surface area contributed by atoms with Gasteiger partial charge in [0, 0.05) is 23.9 Å². The molecular formula is C18H18N2O5. The molecule has 130 valence electrons. The van der Waals surface area contributed by atoms with Crippen molar-refractivity contribution < 1.29 is 24.2 Å². The number of hydrogen-bond donors (Lipinski definition) is 1. The van der Waals surface area contributed by atoms with Crippen molar-refractivity contribution in [1.82, 2.24) is 9.88 Å². The molecule has 3 rings (SSSR count). The van der Waals surface area contributed by atoms with E-state index >= 15 is 0 Å². The van der Waals surface area contributed by atoms with Gasteiger partial charge < -0.3 is 19.5 Å². The van der Waals surface area contributed by atoms with Gasteiger partial charge in [0.1, 0.15) is 5.75 Å². The number of morpholine rings is 1. The van der Waals surface area contributed by atoms with E-state index in [1.807, 2.05) is 12.1 Å². The zero-order valence-corrected chi connectivity index (χ0v) is 13.7. The van der Waals surface area contributed by atoms with Crippen molar-refractivity contribution in [2.24, 2.45) is 0 Å². The highest BCUT2D eigenvalue weighted by Crippen LogP contribution is 2.30. The molecule has 1 saturated heterocycles. The Bertz CT molecular complexity index is 778. The highest BCUT2D eigenvalue weighted by Gasteiger charge is 2.33. The summed E-state index contributed by atoms with van der Waals surface area (Å²) in [5.41, 5.74) is 1.73. The second-order valence-electron chi connectivity index (χ2n) is 5.56. The van der Waals surface area contributed by atoms with Gasteiger partial charge in [-0.2, -0.15) is 0 Å². The summed E-state index contributed by atoms with van der Waals surface area (Å²) in [4.78, 5) is 29.9. The predicted octanol–water partition coefficient (Wildman–Crippen LogP) is 1.68. The molecule has 0 spiro atoms. The topological polar surface area (TPSA) is 89.0 Å². The highest BCUT2D eigenvalue weighted by molar-refractivity contribution is 5.98. The first-order valence-electron chi connectivity index (χ1n) is 7.83. The van der Waals surface area contributed by atoms with Crippen LogP contribution in [0, 0.1) is 0 Å². The first kappa shape index (κ1) is 16.9. The summed E-state index contributed by atoms with van der Waals surface area (Å²) < 4.78 is 10.5. The second kappa shape index (κ2) is 7.31. The summed E-state index contributed by atoms with van der Waals surface area (Å²) in [5, 5.41) is 9.32. The summed E-state index contributed by atoms with van der Waals surface area (Å²) in [7, 11) is 1.55. The van der Waals surface area contributed by atoms with E-state index < -0.39 is 12.0 Å². The third-order valence-corrected chi connectivity index (χ3v) is 4.06. The molecule has 1 N–H and O–H groups in total. The number of rotatable bonds is 4. The average Bonchev–Trinajstić information content (AvgIpc) is 2.67. The zero-order valence-electron chi connectivity index (χ0n) is 13.7. The van der Waals surface area contributed by atoms with Gasteiger partial charge >= 0.3 is 5.97 Å². The van der Waals surface area contributed by atoms with Gasteiger partial charge in [-0.15, -0.1) is 0 Å². The fourth-order valence-corrected chi connectivity index (χ4v) is 2.78. The van der Waals surface area contributed by atoms with Gasteiger partial charge in [-0.3, -0.25) is 9.78 Å². The second-order valence-corrected chi connectivity index (χ2v) is 5.56. The Kier molecular flexibility index (Phi) is 4.95. The summed E-state index contributed by atoms with van der Waals surface area (Å²) >= 11 is 0. The third-order valence-electron chi connectivity index (χ3n) is 4.06. The first-order chi connectivity index (χ1) is 12.1. The number of carboxylic acids is 1. The van der Waals surface area contributed by atoms with Gasteiger partial charge in [-0.25, -0.2) is 4.79 Å². The van der Waals surface area contributed by atoms with E-state index in [0.29, 0.717) is 29.2 Å². The summed E-state index contributed by atoms with van der Waals surface area (Å²) in [6.45, 7) is 0.545. The lowest BCUT2D eigenvalue weighted by atomic mass is 10.0. The summed E-state index contributed by atoms with van der Waals surface area (Å²) in [5.74, 6) is -0.839. The smallest absolute Gasteiger partial charge is 0.328 e. The van der Waals surface area contributed by atoms with Crippen molar-refractivity contribution in [1.29, 1.82) is 0 Å². The molecule has 0 bridgehead atoms. The van der Waals surface area contributed by atoms with Crippen LogP contribution in [0.1, 0.15) is 10.4 Å². The third kappa shape index (κ3) is 3.46. The number of carbonyl (C=O) groups is 2. The van der Waals surface area contributed by atoms with Crippen LogP contribution in [0.15, 0.2) is 42.6 Å². The molecule has 1 aromatic heterocycles. The maximum absolute atomic E-state index is 12.8. The van der Waals surface area contributed by atoms with E-state index in [1.54, 1.807) is 37.6 Å². The number of carboxylic acid groups (broad SMARTS) is 1.